The summed E-state index contributed by atoms with van der Waals surface area (Å²) in [5.74, 6) is 1.15. The maximum absolute atomic E-state index is 12.7. The van der Waals surface area contributed by atoms with Crippen molar-refractivity contribution < 1.29 is 14.1 Å². The minimum Gasteiger partial charge on any atom is -0.485 e. The summed E-state index contributed by atoms with van der Waals surface area (Å²) in [6.45, 7) is 3.77. The summed E-state index contributed by atoms with van der Waals surface area (Å²) in [5.41, 5.74) is 1.45. The van der Waals surface area contributed by atoms with E-state index in [0.717, 1.165) is 10.0 Å². The first-order chi connectivity index (χ1) is 12.5. The average Bonchev–Trinajstić information content (AvgIpc) is 3.05. The summed E-state index contributed by atoms with van der Waals surface area (Å²) in [5, 5.41) is 6.78. The lowest BCUT2D eigenvalue weighted by molar-refractivity contribution is 0.0935. The molecule has 0 radical (unpaired) electrons. The molecule has 1 aromatic heterocycles. The molecule has 2 aromatic carbocycles. The summed E-state index contributed by atoms with van der Waals surface area (Å²) in [4.78, 5) is 16.8. The van der Waals surface area contributed by atoms with Gasteiger partial charge < -0.3 is 14.6 Å². The summed E-state index contributed by atoms with van der Waals surface area (Å²) in [7, 11) is 0. The normalized spacial score (nSPS) is 11.8. The highest BCUT2D eigenvalue weighted by molar-refractivity contribution is 9.10. The van der Waals surface area contributed by atoms with Gasteiger partial charge in [0.1, 0.15) is 5.75 Å². The van der Waals surface area contributed by atoms with Crippen LogP contribution in [0.5, 0.6) is 5.75 Å². The quantitative estimate of drug-likeness (QED) is 0.652. The molecule has 1 N–H and O–H groups in total. The molecule has 0 aliphatic heterocycles. The van der Waals surface area contributed by atoms with Gasteiger partial charge in [-0.3, -0.25) is 4.79 Å². The standard InChI is InChI=1S/C19H18BrN3O3/c1-12(14-7-3-5-9-16(14)20)21-19(24)15-8-4-6-10-17(15)25-11-18-22-13(2)26-23-18/h3-10,12H,11H2,1-2H3,(H,21,24). The van der Waals surface area contributed by atoms with Gasteiger partial charge in [0.15, 0.2) is 6.61 Å². The third kappa shape index (κ3) is 4.29. The van der Waals surface area contributed by atoms with Crippen molar-refractivity contribution in [3.8, 4) is 5.75 Å². The van der Waals surface area contributed by atoms with Gasteiger partial charge in [-0.15, -0.1) is 0 Å². The van der Waals surface area contributed by atoms with Crippen LogP contribution in [0.4, 0.5) is 0 Å². The zero-order valence-electron chi connectivity index (χ0n) is 14.4. The first kappa shape index (κ1) is 18.1. The second kappa shape index (κ2) is 8.14. The number of aromatic nitrogens is 2. The Morgan fingerprint density at radius 1 is 1.23 bits per heavy atom. The van der Waals surface area contributed by atoms with Gasteiger partial charge in [0.25, 0.3) is 5.91 Å². The molecule has 0 bridgehead atoms. The molecule has 134 valence electrons. The number of nitrogens with zero attached hydrogens (tertiary/aromatic N) is 2. The van der Waals surface area contributed by atoms with Gasteiger partial charge in [0.2, 0.25) is 11.7 Å². The van der Waals surface area contributed by atoms with Gasteiger partial charge in [-0.05, 0) is 30.7 Å². The second-order valence-corrected chi connectivity index (χ2v) is 6.59. The molecule has 0 saturated carbocycles. The Bertz CT molecular complexity index is 910. The Balaban J connectivity index is 1.72. The molecule has 1 atom stereocenters. The van der Waals surface area contributed by atoms with E-state index in [2.05, 4.69) is 31.4 Å². The van der Waals surface area contributed by atoms with E-state index in [0.29, 0.717) is 23.0 Å². The van der Waals surface area contributed by atoms with Crippen LogP contribution in [0, 0.1) is 6.92 Å². The molecule has 1 amide bonds. The van der Waals surface area contributed by atoms with Crippen molar-refractivity contribution in [3.63, 3.8) is 0 Å². The molecule has 0 saturated heterocycles. The number of amides is 1. The van der Waals surface area contributed by atoms with Crippen LogP contribution in [0.1, 0.15) is 40.6 Å². The number of carbonyl (C=O) groups is 1. The lowest BCUT2D eigenvalue weighted by Crippen LogP contribution is -2.27. The Morgan fingerprint density at radius 3 is 2.69 bits per heavy atom. The van der Waals surface area contributed by atoms with Crippen LogP contribution in [0.3, 0.4) is 0 Å². The van der Waals surface area contributed by atoms with E-state index in [-0.39, 0.29) is 18.6 Å². The van der Waals surface area contributed by atoms with Crippen LogP contribution in [0.25, 0.3) is 0 Å². The van der Waals surface area contributed by atoms with Gasteiger partial charge in [0.05, 0.1) is 11.6 Å². The van der Waals surface area contributed by atoms with Gasteiger partial charge in [-0.2, -0.15) is 4.98 Å². The molecule has 26 heavy (non-hydrogen) atoms. The summed E-state index contributed by atoms with van der Waals surface area (Å²) in [6.07, 6.45) is 0. The van der Waals surface area contributed by atoms with Crippen molar-refractivity contribution >= 4 is 21.8 Å². The van der Waals surface area contributed by atoms with Crippen molar-refractivity contribution in [3.05, 3.63) is 75.8 Å². The molecule has 1 heterocycles. The summed E-state index contributed by atoms with van der Waals surface area (Å²) >= 11 is 3.51. The molecule has 0 spiro atoms. The Morgan fingerprint density at radius 2 is 1.96 bits per heavy atom. The molecule has 6 nitrogen and oxygen atoms in total. The number of carbonyl (C=O) groups excluding carboxylic acids is 1. The van der Waals surface area contributed by atoms with E-state index in [4.69, 9.17) is 9.26 Å². The van der Waals surface area contributed by atoms with Crippen LogP contribution in [0.15, 0.2) is 57.5 Å². The fourth-order valence-corrected chi connectivity index (χ4v) is 3.13. The smallest absolute Gasteiger partial charge is 0.255 e. The van der Waals surface area contributed by atoms with Crippen LogP contribution < -0.4 is 10.1 Å². The Labute approximate surface area is 159 Å². The molecule has 0 fully saturated rings. The minimum absolute atomic E-state index is 0.126. The van der Waals surface area contributed by atoms with Gasteiger partial charge in [-0.1, -0.05) is 51.4 Å². The van der Waals surface area contributed by atoms with E-state index >= 15 is 0 Å². The number of para-hydroxylation sites is 1. The van der Waals surface area contributed by atoms with E-state index in [1.807, 2.05) is 37.3 Å². The number of hydrogen-bond acceptors (Lipinski definition) is 5. The first-order valence-electron chi connectivity index (χ1n) is 8.11. The van der Waals surface area contributed by atoms with Crippen LogP contribution in [-0.2, 0) is 6.61 Å². The number of benzene rings is 2. The van der Waals surface area contributed by atoms with Gasteiger partial charge in [-0.25, -0.2) is 0 Å². The third-order valence-corrected chi connectivity index (χ3v) is 4.50. The SMILES string of the molecule is Cc1nc(COc2ccccc2C(=O)NC(C)c2ccccc2Br)no1. The molecule has 0 aliphatic rings. The topological polar surface area (TPSA) is 77.2 Å². The van der Waals surface area contributed by atoms with E-state index < -0.39 is 0 Å². The van der Waals surface area contributed by atoms with Gasteiger partial charge in [0, 0.05) is 11.4 Å². The largest absolute Gasteiger partial charge is 0.485 e. The zero-order chi connectivity index (χ0) is 18.5. The second-order valence-electron chi connectivity index (χ2n) is 5.73. The molecule has 0 aliphatic carbocycles. The molecule has 1 unspecified atom stereocenters. The van der Waals surface area contributed by atoms with Crippen molar-refractivity contribution in [1.29, 1.82) is 0 Å². The zero-order valence-corrected chi connectivity index (χ0v) is 16.0. The fourth-order valence-electron chi connectivity index (χ4n) is 2.50. The highest BCUT2D eigenvalue weighted by Crippen LogP contribution is 2.24. The summed E-state index contributed by atoms with van der Waals surface area (Å²) in [6, 6.07) is 14.7. The molecule has 3 aromatic rings. The van der Waals surface area contributed by atoms with Crippen LogP contribution in [0.2, 0.25) is 0 Å². The molecular weight excluding hydrogens is 398 g/mol. The molecule has 3 rings (SSSR count). The monoisotopic (exact) mass is 415 g/mol. The number of nitrogens with one attached hydrogen (secondary N) is 1. The van der Waals surface area contributed by atoms with Crippen molar-refractivity contribution in [2.75, 3.05) is 0 Å². The summed E-state index contributed by atoms with van der Waals surface area (Å²) < 4.78 is 11.6. The fraction of sp³-hybridized carbons (Fsp3) is 0.211. The Kier molecular flexibility index (Phi) is 5.68. The van der Waals surface area contributed by atoms with Crippen LogP contribution >= 0.6 is 15.9 Å². The first-order valence-corrected chi connectivity index (χ1v) is 8.90. The lowest BCUT2D eigenvalue weighted by Gasteiger charge is -2.17. The average molecular weight is 416 g/mol. The number of rotatable bonds is 6. The predicted molar refractivity (Wildman–Crippen MR) is 99.8 cm³/mol. The number of hydrogen-bond donors (Lipinski definition) is 1. The van der Waals surface area contributed by atoms with Crippen LogP contribution in [-0.4, -0.2) is 16.0 Å². The number of halogens is 1. The lowest BCUT2D eigenvalue weighted by atomic mass is 10.1. The number of aryl methyl sites for hydroxylation is 1. The maximum Gasteiger partial charge on any atom is 0.255 e. The minimum atomic E-state index is -0.215. The van der Waals surface area contributed by atoms with E-state index in [1.54, 1.807) is 25.1 Å². The highest BCUT2D eigenvalue weighted by Gasteiger charge is 2.17. The van der Waals surface area contributed by atoms with Crippen molar-refractivity contribution in [1.82, 2.24) is 15.5 Å². The number of ether oxygens (including phenoxy) is 1. The maximum atomic E-state index is 12.7. The predicted octanol–water partition coefficient (Wildman–Crippen LogP) is 4.21. The Hall–Kier alpha value is -2.67. The third-order valence-electron chi connectivity index (χ3n) is 3.78. The van der Waals surface area contributed by atoms with E-state index in [9.17, 15) is 4.79 Å². The van der Waals surface area contributed by atoms with Crippen molar-refractivity contribution in [2.45, 2.75) is 26.5 Å². The van der Waals surface area contributed by atoms with Gasteiger partial charge >= 0.3 is 0 Å². The van der Waals surface area contributed by atoms with E-state index in [1.165, 1.54) is 0 Å². The molecule has 7 heteroatoms. The van der Waals surface area contributed by atoms with Crippen molar-refractivity contribution in [2.24, 2.45) is 0 Å². The highest BCUT2D eigenvalue weighted by atomic mass is 79.9. The molecular formula is C19H18BrN3O3.